The van der Waals surface area contributed by atoms with Gasteiger partial charge in [-0.1, -0.05) is 11.6 Å². The van der Waals surface area contributed by atoms with Crippen molar-refractivity contribution >= 4 is 23.2 Å². The highest BCUT2D eigenvalue weighted by Gasteiger charge is 2.20. The minimum Gasteiger partial charge on any atom is -0.496 e. The SMILES string of the molecule is COc1cc(C)c(C(C)NC(=O)c2cc(Cl)c(N)cc2OC)cc1OC. The van der Waals surface area contributed by atoms with Crippen LogP contribution in [0.2, 0.25) is 5.02 Å². The number of amides is 1. The number of halogens is 1. The van der Waals surface area contributed by atoms with Gasteiger partial charge < -0.3 is 25.3 Å². The van der Waals surface area contributed by atoms with Crippen LogP contribution in [0.25, 0.3) is 0 Å². The summed E-state index contributed by atoms with van der Waals surface area (Å²) in [6.45, 7) is 3.83. The van der Waals surface area contributed by atoms with Gasteiger partial charge in [0.05, 0.1) is 43.6 Å². The number of nitrogens with two attached hydrogens (primary N) is 1. The zero-order chi connectivity index (χ0) is 19.4. The highest BCUT2D eigenvalue weighted by atomic mass is 35.5. The molecule has 0 bridgehead atoms. The van der Waals surface area contributed by atoms with Crippen molar-refractivity contribution in [2.45, 2.75) is 19.9 Å². The average molecular weight is 379 g/mol. The second-order valence-electron chi connectivity index (χ2n) is 5.83. The Morgan fingerprint density at radius 3 is 2.19 bits per heavy atom. The van der Waals surface area contributed by atoms with Gasteiger partial charge in [0.2, 0.25) is 0 Å². The number of methoxy groups -OCH3 is 3. The quantitative estimate of drug-likeness (QED) is 0.748. The minimum absolute atomic E-state index is 0.275. The fourth-order valence-electron chi connectivity index (χ4n) is 2.73. The molecular weight excluding hydrogens is 356 g/mol. The van der Waals surface area contributed by atoms with Crippen LogP contribution in [-0.4, -0.2) is 27.2 Å². The van der Waals surface area contributed by atoms with Crippen molar-refractivity contribution < 1.29 is 19.0 Å². The second-order valence-corrected chi connectivity index (χ2v) is 6.24. The molecule has 3 N–H and O–H groups in total. The van der Waals surface area contributed by atoms with Crippen LogP contribution in [-0.2, 0) is 0 Å². The smallest absolute Gasteiger partial charge is 0.255 e. The molecule has 6 nitrogen and oxygen atoms in total. The zero-order valence-corrected chi connectivity index (χ0v) is 16.2. The Bertz CT molecular complexity index is 824. The Morgan fingerprint density at radius 1 is 1.04 bits per heavy atom. The molecule has 0 aromatic heterocycles. The van der Waals surface area contributed by atoms with Gasteiger partial charge in [-0.3, -0.25) is 4.79 Å². The number of nitrogens with one attached hydrogen (secondary N) is 1. The summed E-state index contributed by atoms with van der Waals surface area (Å²) in [4.78, 5) is 12.7. The van der Waals surface area contributed by atoms with E-state index in [1.54, 1.807) is 14.2 Å². The van der Waals surface area contributed by atoms with Crippen LogP contribution in [0.15, 0.2) is 24.3 Å². The molecule has 0 fully saturated rings. The summed E-state index contributed by atoms with van der Waals surface area (Å²) < 4.78 is 15.9. The Hall–Kier alpha value is -2.60. The predicted octanol–water partition coefficient (Wildman–Crippen LogP) is 3.75. The van der Waals surface area contributed by atoms with Crippen LogP contribution in [0.4, 0.5) is 5.69 Å². The molecule has 7 heteroatoms. The Labute approximate surface area is 158 Å². The van der Waals surface area contributed by atoms with Crippen LogP contribution in [0.5, 0.6) is 17.2 Å². The highest BCUT2D eigenvalue weighted by Crippen LogP contribution is 2.33. The molecule has 1 amide bonds. The van der Waals surface area contributed by atoms with Crippen molar-refractivity contribution in [2.24, 2.45) is 0 Å². The van der Waals surface area contributed by atoms with E-state index in [0.717, 1.165) is 11.1 Å². The molecule has 1 atom stereocenters. The van der Waals surface area contributed by atoms with Gasteiger partial charge in [0.1, 0.15) is 5.75 Å². The molecule has 0 aliphatic rings. The van der Waals surface area contributed by atoms with Crippen LogP contribution < -0.4 is 25.3 Å². The van der Waals surface area contributed by atoms with Crippen molar-refractivity contribution in [3.63, 3.8) is 0 Å². The van der Waals surface area contributed by atoms with E-state index in [1.165, 1.54) is 19.2 Å². The van der Waals surface area contributed by atoms with E-state index in [-0.39, 0.29) is 11.9 Å². The maximum absolute atomic E-state index is 12.7. The number of nitrogen functional groups attached to an aromatic ring is 1. The Morgan fingerprint density at radius 2 is 1.62 bits per heavy atom. The van der Waals surface area contributed by atoms with E-state index in [4.69, 9.17) is 31.5 Å². The summed E-state index contributed by atoms with van der Waals surface area (Å²) in [5.74, 6) is 1.28. The van der Waals surface area contributed by atoms with E-state index < -0.39 is 0 Å². The molecule has 140 valence electrons. The summed E-state index contributed by atoms with van der Waals surface area (Å²) in [6.07, 6.45) is 0. The first kappa shape index (κ1) is 19.7. The summed E-state index contributed by atoms with van der Waals surface area (Å²) in [7, 11) is 4.63. The van der Waals surface area contributed by atoms with E-state index >= 15 is 0 Å². The third-order valence-corrected chi connectivity index (χ3v) is 4.48. The standard InChI is InChI=1S/C19H23ClN2O4/c1-10-6-17(25-4)18(26-5)8-12(10)11(2)22-19(23)13-7-14(20)15(21)9-16(13)24-3/h6-9,11H,21H2,1-5H3,(H,22,23). The molecule has 2 aromatic rings. The lowest BCUT2D eigenvalue weighted by molar-refractivity contribution is 0.0936. The molecule has 1 unspecified atom stereocenters. The van der Waals surface area contributed by atoms with Gasteiger partial charge in [0.25, 0.3) is 5.91 Å². The fraction of sp³-hybridized carbons (Fsp3) is 0.316. The van der Waals surface area contributed by atoms with Crippen LogP contribution in [0, 0.1) is 6.92 Å². The number of benzene rings is 2. The van der Waals surface area contributed by atoms with Crippen molar-refractivity contribution in [1.29, 1.82) is 0 Å². The normalized spacial score (nSPS) is 11.6. The third kappa shape index (κ3) is 3.96. The number of hydrogen-bond acceptors (Lipinski definition) is 5. The van der Waals surface area contributed by atoms with Crippen LogP contribution in [0.1, 0.15) is 34.5 Å². The molecule has 2 aromatic carbocycles. The highest BCUT2D eigenvalue weighted by molar-refractivity contribution is 6.33. The number of anilines is 1. The molecule has 0 aliphatic heterocycles. The topological polar surface area (TPSA) is 82.8 Å². The predicted molar refractivity (Wildman–Crippen MR) is 103 cm³/mol. The van der Waals surface area contributed by atoms with Gasteiger partial charge in [0.15, 0.2) is 11.5 Å². The van der Waals surface area contributed by atoms with E-state index in [0.29, 0.717) is 33.5 Å². The molecular formula is C19H23ClN2O4. The van der Waals surface area contributed by atoms with Gasteiger partial charge in [-0.25, -0.2) is 0 Å². The first-order valence-corrected chi connectivity index (χ1v) is 8.36. The van der Waals surface area contributed by atoms with E-state index in [9.17, 15) is 4.79 Å². The Balaban J connectivity index is 2.32. The van der Waals surface area contributed by atoms with Gasteiger partial charge in [0, 0.05) is 6.07 Å². The molecule has 0 aliphatic carbocycles. The summed E-state index contributed by atoms with van der Waals surface area (Å²) in [6, 6.07) is 6.48. The van der Waals surface area contributed by atoms with Gasteiger partial charge in [-0.05, 0) is 43.2 Å². The molecule has 2 rings (SSSR count). The van der Waals surface area contributed by atoms with Crippen molar-refractivity contribution in [3.05, 3.63) is 46.0 Å². The maximum atomic E-state index is 12.7. The van der Waals surface area contributed by atoms with Crippen LogP contribution in [0.3, 0.4) is 0 Å². The lowest BCUT2D eigenvalue weighted by atomic mass is 10.0. The maximum Gasteiger partial charge on any atom is 0.255 e. The number of hydrogen-bond donors (Lipinski definition) is 2. The number of rotatable bonds is 6. The van der Waals surface area contributed by atoms with E-state index in [1.807, 2.05) is 26.0 Å². The lowest BCUT2D eigenvalue weighted by Gasteiger charge is -2.20. The molecule has 0 heterocycles. The number of aryl methyl sites for hydroxylation is 1. The fourth-order valence-corrected chi connectivity index (χ4v) is 2.89. The van der Waals surface area contributed by atoms with Gasteiger partial charge in [-0.15, -0.1) is 0 Å². The number of ether oxygens (including phenoxy) is 3. The van der Waals surface area contributed by atoms with E-state index in [2.05, 4.69) is 5.32 Å². The zero-order valence-electron chi connectivity index (χ0n) is 15.5. The van der Waals surface area contributed by atoms with Crippen molar-refractivity contribution in [2.75, 3.05) is 27.1 Å². The summed E-state index contributed by atoms with van der Waals surface area (Å²) in [5, 5.41) is 3.25. The Kier molecular flexibility index (Phi) is 6.21. The minimum atomic E-state index is -0.314. The second kappa shape index (κ2) is 8.19. The number of carbonyl (C=O) groups is 1. The van der Waals surface area contributed by atoms with Crippen LogP contribution >= 0.6 is 11.6 Å². The lowest BCUT2D eigenvalue weighted by Crippen LogP contribution is -2.27. The first-order chi connectivity index (χ1) is 12.3. The first-order valence-electron chi connectivity index (χ1n) is 7.98. The molecule has 0 saturated heterocycles. The van der Waals surface area contributed by atoms with Gasteiger partial charge in [-0.2, -0.15) is 0 Å². The summed E-state index contributed by atoms with van der Waals surface area (Å²) >= 11 is 6.05. The monoisotopic (exact) mass is 378 g/mol. The third-order valence-electron chi connectivity index (χ3n) is 4.15. The molecule has 26 heavy (non-hydrogen) atoms. The molecule has 0 saturated carbocycles. The largest absolute Gasteiger partial charge is 0.496 e. The van der Waals surface area contributed by atoms with Gasteiger partial charge >= 0.3 is 0 Å². The van der Waals surface area contributed by atoms with Crippen molar-refractivity contribution in [1.82, 2.24) is 5.32 Å². The molecule has 0 radical (unpaired) electrons. The summed E-state index contributed by atoms with van der Waals surface area (Å²) in [5.41, 5.74) is 8.32. The van der Waals surface area contributed by atoms with Crippen molar-refractivity contribution in [3.8, 4) is 17.2 Å². The molecule has 0 spiro atoms. The number of carbonyl (C=O) groups excluding carboxylic acids is 1. The average Bonchev–Trinajstić information content (AvgIpc) is 2.62.